The zero-order valence-electron chi connectivity index (χ0n) is 17.0. The van der Waals surface area contributed by atoms with Crippen molar-refractivity contribution in [1.82, 2.24) is 0 Å². The highest BCUT2D eigenvalue weighted by atomic mass is 15.4. The summed E-state index contributed by atoms with van der Waals surface area (Å²) in [5.41, 5.74) is 13.8. The largest absolute Gasteiger partial charge is 0.369 e. The van der Waals surface area contributed by atoms with Gasteiger partial charge < -0.3 is 11.5 Å². The van der Waals surface area contributed by atoms with E-state index >= 15 is 0 Å². The van der Waals surface area contributed by atoms with E-state index in [1.54, 1.807) is 0 Å². The van der Waals surface area contributed by atoms with Gasteiger partial charge in [-0.15, -0.1) is 0 Å². The maximum absolute atomic E-state index is 6.15. The number of nitrogens with zero attached hydrogens (tertiary/aromatic N) is 3. The van der Waals surface area contributed by atoms with Crippen molar-refractivity contribution in [2.24, 2.45) is 27.4 Å². The molecule has 0 radical (unpaired) electrons. The maximum atomic E-state index is 6.15. The molecule has 1 aliphatic heterocycles. The highest BCUT2D eigenvalue weighted by Crippen LogP contribution is 2.29. The lowest BCUT2D eigenvalue weighted by atomic mass is 9.85. The third-order valence-electron chi connectivity index (χ3n) is 5.86. The van der Waals surface area contributed by atoms with E-state index in [4.69, 9.17) is 11.5 Å². The van der Waals surface area contributed by atoms with Crippen LogP contribution < -0.4 is 16.4 Å². The molecule has 1 fully saturated rings. The molecule has 5 heteroatoms. The fraction of sp³-hybridized carbons (Fsp3) is 0.636. The minimum absolute atomic E-state index is 0.239. The highest BCUT2D eigenvalue weighted by molar-refractivity contribution is 6.05. The summed E-state index contributed by atoms with van der Waals surface area (Å²) in [6.45, 7) is 4.00. The summed E-state index contributed by atoms with van der Waals surface area (Å²) in [5.74, 6) is 1.64. The standard InChI is InChI=1S/C22H35N5/c1-22(2)26-20(23)25-21(24)27(22)19-15-9-14-18(16-19)13-8-4-7-12-17-10-5-3-6-11-17/h9,14-17H,3-8,10-13H2,1-2H3,(H4,23,24,25,26). The summed E-state index contributed by atoms with van der Waals surface area (Å²) in [5, 5.41) is 0. The monoisotopic (exact) mass is 369 g/mol. The van der Waals surface area contributed by atoms with Gasteiger partial charge in [-0.2, -0.15) is 4.99 Å². The lowest BCUT2D eigenvalue weighted by Crippen LogP contribution is -2.54. The molecule has 1 aromatic carbocycles. The van der Waals surface area contributed by atoms with Crippen molar-refractivity contribution in [2.45, 2.75) is 83.7 Å². The van der Waals surface area contributed by atoms with Gasteiger partial charge in [0.25, 0.3) is 0 Å². The second-order valence-corrected chi connectivity index (χ2v) is 8.54. The maximum Gasteiger partial charge on any atom is 0.220 e. The molecule has 1 saturated carbocycles. The molecule has 3 rings (SSSR count). The molecule has 0 atom stereocenters. The average molecular weight is 370 g/mol. The first-order valence-corrected chi connectivity index (χ1v) is 10.5. The minimum atomic E-state index is -0.533. The summed E-state index contributed by atoms with van der Waals surface area (Å²) in [6, 6.07) is 8.57. The molecule has 5 nitrogen and oxygen atoms in total. The predicted octanol–water partition coefficient (Wildman–Crippen LogP) is 4.56. The SMILES string of the molecule is CC1(C)N=C(N)N=C(N)N1c1cccc(CCCCCC2CCCCC2)c1. The molecule has 0 aromatic heterocycles. The number of hydrogen-bond acceptors (Lipinski definition) is 5. The molecule has 0 unspecified atom stereocenters. The van der Waals surface area contributed by atoms with Crippen LogP contribution in [-0.2, 0) is 6.42 Å². The fourth-order valence-electron chi connectivity index (χ4n) is 4.52. The van der Waals surface area contributed by atoms with E-state index in [0.717, 1.165) is 18.0 Å². The summed E-state index contributed by atoms with van der Waals surface area (Å²) >= 11 is 0. The first-order chi connectivity index (χ1) is 13.0. The van der Waals surface area contributed by atoms with Gasteiger partial charge in [-0.1, -0.05) is 63.5 Å². The number of guanidine groups is 2. The molecule has 0 spiro atoms. The third-order valence-corrected chi connectivity index (χ3v) is 5.86. The summed E-state index contributed by atoms with van der Waals surface area (Å²) < 4.78 is 0. The van der Waals surface area contributed by atoms with Crippen LogP contribution in [-0.4, -0.2) is 17.6 Å². The van der Waals surface area contributed by atoms with E-state index in [1.165, 1.54) is 63.4 Å². The van der Waals surface area contributed by atoms with Gasteiger partial charge >= 0.3 is 0 Å². The first kappa shape index (κ1) is 19.7. The van der Waals surface area contributed by atoms with Crippen LogP contribution in [0.15, 0.2) is 34.3 Å². The second kappa shape index (κ2) is 8.77. The number of hydrogen-bond donors (Lipinski definition) is 2. The van der Waals surface area contributed by atoms with Crippen molar-refractivity contribution >= 4 is 17.6 Å². The quantitative estimate of drug-likeness (QED) is 0.692. The number of nitrogens with two attached hydrogens (primary N) is 2. The van der Waals surface area contributed by atoms with Gasteiger partial charge in [-0.3, -0.25) is 4.90 Å². The van der Waals surface area contributed by atoms with Gasteiger partial charge in [-0.05, 0) is 50.3 Å². The topological polar surface area (TPSA) is 80.0 Å². The van der Waals surface area contributed by atoms with Crippen LogP contribution in [0.25, 0.3) is 0 Å². The van der Waals surface area contributed by atoms with Gasteiger partial charge in [0.15, 0.2) is 0 Å². The average Bonchev–Trinajstić information content (AvgIpc) is 2.61. The number of benzene rings is 1. The fourth-order valence-corrected chi connectivity index (χ4v) is 4.52. The molecular formula is C22H35N5. The summed E-state index contributed by atoms with van der Waals surface area (Å²) in [4.78, 5) is 10.5. The molecule has 2 aliphatic rings. The number of unbranched alkanes of at least 4 members (excludes halogenated alkanes) is 2. The number of aliphatic imine (C=N–C) groups is 2. The predicted molar refractivity (Wildman–Crippen MR) is 115 cm³/mol. The van der Waals surface area contributed by atoms with Gasteiger partial charge in [0.1, 0.15) is 5.66 Å². The van der Waals surface area contributed by atoms with Gasteiger partial charge in [-0.25, -0.2) is 4.99 Å². The Kier molecular flexibility index (Phi) is 6.40. The van der Waals surface area contributed by atoms with Gasteiger partial charge in [0.05, 0.1) is 0 Å². The van der Waals surface area contributed by atoms with Crippen LogP contribution in [0.3, 0.4) is 0 Å². The lowest BCUT2D eigenvalue weighted by Gasteiger charge is -2.38. The van der Waals surface area contributed by atoms with Crippen molar-refractivity contribution in [3.05, 3.63) is 29.8 Å². The van der Waals surface area contributed by atoms with Crippen molar-refractivity contribution in [1.29, 1.82) is 0 Å². The normalized spacial score (nSPS) is 20.3. The van der Waals surface area contributed by atoms with Gasteiger partial charge in [0.2, 0.25) is 11.9 Å². The Morgan fingerprint density at radius 2 is 1.85 bits per heavy atom. The second-order valence-electron chi connectivity index (χ2n) is 8.54. The molecular weight excluding hydrogens is 334 g/mol. The van der Waals surface area contributed by atoms with Crippen molar-refractivity contribution in [2.75, 3.05) is 4.90 Å². The summed E-state index contributed by atoms with van der Waals surface area (Å²) in [6.07, 6.45) is 13.7. The lowest BCUT2D eigenvalue weighted by molar-refractivity contribution is 0.328. The van der Waals surface area contributed by atoms with E-state index in [2.05, 4.69) is 34.3 Å². The Bertz CT molecular complexity index is 686. The van der Waals surface area contributed by atoms with E-state index < -0.39 is 5.66 Å². The van der Waals surface area contributed by atoms with Crippen LogP contribution in [0, 0.1) is 5.92 Å². The van der Waals surface area contributed by atoms with Crippen LogP contribution in [0.1, 0.15) is 77.2 Å². The molecule has 0 amide bonds. The summed E-state index contributed by atoms with van der Waals surface area (Å²) in [7, 11) is 0. The van der Waals surface area contributed by atoms with E-state index in [-0.39, 0.29) is 5.96 Å². The smallest absolute Gasteiger partial charge is 0.220 e. The molecule has 4 N–H and O–H groups in total. The number of rotatable bonds is 7. The van der Waals surface area contributed by atoms with Crippen LogP contribution in [0.4, 0.5) is 5.69 Å². The molecule has 0 saturated heterocycles. The Morgan fingerprint density at radius 1 is 1.07 bits per heavy atom. The zero-order chi connectivity index (χ0) is 19.3. The Labute approximate surface area is 163 Å². The molecule has 27 heavy (non-hydrogen) atoms. The van der Waals surface area contributed by atoms with E-state index in [0.29, 0.717) is 5.96 Å². The number of aryl methyl sites for hydroxylation is 1. The third kappa shape index (κ3) is 5.24. The Hall–Kier alpha value is -2.04. The van der Waals surface area contributed by atoms with E-state index in [1.807, 2.05) is 18.7 Å². The molecule has 1 heterocycles. The van der Waals surface area contributed by atoms with Crippen LogP contribution >= 0.6 is 0 Å². The molecule has 148 valence electrons. The van der Waals surface area contributed by atoms with Crippen molar-refractivity contribution in [3.63, 3.8) is 0 Å². The van der Waals surface area contributed by atoms with Crippen molar-refractivity contribution in [3.8, 4) is 0 Å². The minimum Gasteiger partial charge on any atom is -0.369 e. The van der Waals surface area contributed by atoms with Crippen LogP contribution in [0.2, 0.25) is 0 Å². The van der Waals surface area contributed by atoms with Gasteiger partial charge in [0, 0.05) is 5.69 Å². The molecule has 1 aliphatic carbocycles. The molecule has 0 bridgehead atoms. The van der Waals surface area contributed by atoms with E-state index in [9.17, 15) is 0 Å². The Balaban J connectivity index is 1.52. The van der Waals surface area contributed by atoms with Crippen LogP contribution in [0.5, 0.6) is 0 Å². The highest BCUT2D eigenvalue weighted by Gasteiger charge is 2.32. The number of anilines is 1. The first-order valence-electron chi connectivity index (χ1n) is 10.5. The Morgan fingerprint density at radius 3 is 2.59 bits per heavy atom. The molecule has 1 aromatic rings. The zero-order valence-corrected chi connectivity index (χ0v) is 17.0. The van der Waals surface area contributed by atoms with Crippen molar-refractivity contribution < 1.29 is 0 Å².